The normalized spacial score (nSPS) is 10.2. The van der Waals surface area contributed by atoms with Crippen molar-refractivity contribution >= 4 is 27.5 Å². The van der Waals surface area contributed by atoms with Crippen molar-refractivity contribution in [3.05, 3.63) is 52.5 Å². The second-order valence-electron chi connectivity index (χ2n) is 4.51. The van der Waals surface area contributed by atoms with E-state index in [9.17, 15) is 4.79 Å². The molecular formula is C15H15BrN2O2. The predicted molar refractivity (Wildman–Crippen MR) is 83.1 cm³/mol. The number of anilines is 1. The summed E-state index contributed by atoms with van der Waals surface area (Å²) in [6.07, 6.45) is 0. The molecule has 1 amide bonds. The zero-order valence-corrected chi connectivity index (χ0v) is 12.8. The topological polar surface area (TPSA) is 55.6 Å². The molecule has 0 heterocycles. The molecule has 0 radical (unpaired) electrons. The molecule has 0 unspecified atom stereocenters. The largest absolute Gasteiger partial charge is 0.456 e. The Bertz CT molecular complexity index is 642. The van der Waals surface area contributed by atoms with Crippen LogP contribution in [-0.2, 0) is 0 Å². The van der Waals surface area contributed by atoms with Gasteiger partial charge >= 0.3 is 0 Å². The number of hydrogen-bond acceptors (Lipinski definition) is 3. The molecule has 0 bridgehead atoms. The van der Waals surface area contributed by atoms with E-state index < -0.39 is 0 Å². The molecule has 0 aromatic heterocycles. The highest BCUT2D eigenvalue weighted by Gasteiger charge is 2.15. The molecule has 2 rings (SSSR count). The van der Waals surface area contributed by atoms with E-state index in [2.05, 4.69) is 15.9 Å². The maximum Gasteiger partial charge on any atom is 0.257 e. The van der Waals surface area contributed by atoms with Gasteiger partial charge in [-0.1, -0.05) is 22.0 Å². The number of rotatable bonds is 3. The van der Waals surface area contributed by atoms with Crippen molar-refractivity contribution in [2.45, 2.75) is 0 Å². The van der Waals surface area contributed by atoms with Gasteiger partial charge in [0.1, 0.15) is 11.5 Å². The van der Waals surface area contributed by atoms with Gasteiger partial charge in [-0.3, -0.25) is 4.79 Å². The molecule has 20 heavy (non-hydrogen) atoms. The van der Waals surface area contributed by atoms with Crippen LogP contribution in [-0.4, -0.2) is 24.9 Å². The number of carbonyl (C=O) groups is 1. The number of amides is 1. The number of ether oxygens (including phenoxy) is 1. The van der Waals surface area contributed by atoms with Gasteiger partial charge in [0.15, 0.2) is 0 Å². The van der Waals surface area contributed by atoms with E-state index in [4.69, 9.17) is 10.5 Å². The first-order valence-electron chi connectivity index (χ1n) is 6.02. The highest BCUT2D eigenvalue weighted by Crippen LogP contribution is 2.29. The zero-order valence-electron chi connectivity index (χ0n) is 11.3. The van der Waals surface area contributed by atoms with Gasteiger partial charge in [-0.05, 0) is 30.3 Å². The van der Waals surface area contributed by atoms with Crippen LogP contribution >= 0.6 is 15.9 Å². The summed E-state index contributed by atoms with van der Waals surface area (Å²) in [5, 5.41) is 0. The van der Waals surface area contributed by atoms with Crippen molar-refractivity contribution in [2.75, 3.05) is 19.8 Å². The lowest BCUT2D eigenvalue weighted by molar-refractivity contribution is 0.0825. The van der Waals surface area contributed by atoms with Crippen molar-refractivity contribution < 1.29 is 9.53 Å². The summed E-state index contributed by atoms with van der Waals surface area (Å²) >= 11 is 3.38. The molecule has 0 spiro atoms. The van der Waals surface area contributed by atoms with Crippen LogP contribution in [0.5, 0.6) is 11.5 Å². The molecule has 0 atom stereocenters. The molecule has 0 aliphatic heterocycles. The molecular weight excluding hydrogens is 320 g/mol. The van der Waals surface area contributed by atoms with Crippen LogP contribution in [0.1, 0.15) is 10.4 Å². The van der Waals surface area contributed by atoms with Crippen molar-refractivity contribution in [3.63, 3.8) is 0 Å². The summed E-state index contributed by atoms with van der Waals surface area (Å²) < 4.78 is 6.69. The first-order valence-corrected chi connectivity index (χ1v) is 6.81. The molecule has 4 nitrogen and oxygen atoms in total. The molecule has 2 N–H and O–H groups in total. The third kappa shape index (κ3) is 3.30. The standard InChI is InChI=1S/C15H15BrN2O2/c1-18(2)15(19)13-7-6-11(17)9-14(13)20-12-5-3-4-10(16)8-12/h3-9H,17H2,1-2H3. The van der Waals surface area contributed by atoms with Crippen LogP contribution in [0, 0.1) is 0 Å². The van der Waals surface area contributed by atoms with Crippen molar-refractivity contribution in [1.82, 2.24) is 4.90 Å². The summed E-state index contributed by atoms with van der Waals surface area (Å²) in [6, 6.07) is 12.4. The molecule has 2 aromatic rings. The van der Waals surface area contributed by atoms with Crippen molar-refractivity contribution in [3.8, 4) is 11.5 Å². The quantitative estimate of drug-likeness (QED) is 0.873. The van der Waals surface area contributed by atoms with Gasteiger partial charge in [-0.25, -0.2) is 0 Å². The van der Waals surface area contributed by atoms with Crippen molar-refractivity contribution in [2.24, 2.45) is 0 Å². The highest BCUT2D eigenvalue weighted by molar-refractivity contribution is 9.10. The number of carbonyl (C=O) groups excluding carboxylic acids is 1. The number of nitrogens with zero attached hydrogens (tertiary/aromatic N) is 1. The van der Waals surface area contributed by atoms with E-state index >= 15 is 0 Å². The highest BCUT2D eigenvalue weighted by atomic mass is 79.9. The first-order chi connectivity index (χ1) is 9.47. The summed E-state index contributed by atoms with van der Waals surface area (Å²) in [4.78, 5) is 13.6. The Hall–Kier alpha value is -2.01. The molecule has 2 aromatic carbocycles. The molecule has 0 saturated carbocycles. The Labute approximate surface area is 126 Å². The number of benzene rings is 2. The fourth-order valence-corrected chi connectivity index (χ4v) is 2.08. The number of nitrogen functional groups attached to an aromatic ring is 1. The third-order valence-corrected chi connectivity index (χ3v) is 3.16. The smallest absolute Gasteiger partial charge is 0.257 e. The summed E-state index contributed by atoms with van der Waals surface area (Å²) in [5.74, 6) is 0.953. The monoisotopic (exact) mass is 334 g/mol. The fraction of sp³-hybridized carbons (Fsp3) is 0.133. The number of hydrogen-bond donors (Lipinski definition) is 1. The van der Waals surface area contributed by atoms with Gasteiger partial charge in [0, 0.05) is 30.3 Å². The second kappa shape index (κ2) is 5.96. The van der Waals surface area contributed by atoms with Crippen LogP contribution in [0.2, 0.25) is 0 Å². The molecule has 5 heteroatoms. The zero-order chi connectivity index (χ0) is 14.7. The van der Waals surface area contributed by atoms with Gasteiger partial charge in [0.05, 0.1) is 5.56 Å². The summed E-state index contributed by atoms with van der Waals surface area (Å²) in [7, 11) is 3.39. The molecule has 0 fully saturated rings. The Morgan fingerprint density at radius 2 is 1.95 bits per heavy atom. The third-order valence-electron chi connectivity index (χ3n) is 2.67. The minimum absolute atomic E-state index is 0.130. The molecule has 0 aliphatic carbocycles. The maximum absolute atomic E-state index is 12.1. The van der Waals surface area contributed by atoms with Gasteiger partial charge in [0.2, 0.25) is 0 Å². The van der Waals surface area contributed by atoms with Crippen LogP contribution in [0.4, 0.5) is 5.69 Å². The lowest BCUT2D eigenvalue weighted by Crippen LogP contribution is -2.22. The Kier molecular flexibility index (Phi) is 4.29. The lowest BCUT2D eigenvalue weighted by atomic mass is 10.1. The molecule has 0 saturated heterocycles. The molecule has 104 valence electrons. The Balaban J connectivity index is 2.39. The first kappa shape index (κ1) is 14.4. The minimum atomic E-state index is -0.130. The minimum Gasteiger partial charge on any atom is -0.456 e. The average Bonchev–Trinajstić information content (AvgIpc) is 2.38. The van der Waals surface area contributed by atoms with E-state index in [-0.39, 0.29) is 5.91 Å². The van der Waals surface area contributed by atoms with Gasteiger partial charge < -0.3 is 15.4 Å². The SMILES string of the molecule is CN(C)C(=O)c1ccc(N)cc1Oc1cccc(Br)c1. The average molecular weight is 335 g/mol. The predicted octanol–water partition coefficient (Wildman–Crippen LogP) is 3.53. The summed E-state index contributed by atoms with van der Waals surface area (Å²) in [6.45, 7) is 0. The second-order valence-corrected chi connectivity index (χ2v) is 5.43. The van der Waals surface area contributed by atoms with E-state index in [1.165, 1.54) is 4.90 Å². The van der Waals surface area contributed by atoms with Crippen LogP contribution < -0.4 is 10.5 Å². The van der Waals surface area contributed by atoms with Crippen LogP contribution in [0.25, 0.3) is 0 Å². The van der Waals surface area contributed by atoms with Crippen molar-refractivity contribution in [1.29, 1.82) is 0 Å². The van der Waals surface area contributed by atoms with Gasteiger partial charge in [-0.2, -0.15) is 0 Å². The van der Waals surface area contributed by atoms with Gasteiger partial charge in [-0.15, -0.1) is 0 Å². The summed E-state index contributed by atoms with van der Waals surface area (Å²) in [5.41, 5.74) is 6.80. The fourth-order valence-electron chi connectivity index (χ4n) is 1.70. The Morgan fingerprint density at radius 1 is 1.20 bits per heavy atom. The maximum atomic E-state index is 12.1. The van der Waals surface area contributed by atoms with E-state index in [1.807, 2.05) is 24.3 Å². The van der Waals surface area contributed by atoms with E-state index in [0.29, 0.717) is 22.7 Å². The van der Waals surface area contributed by atoms with Crippen LogP contribution in [0.15, 0.2) is 46.9 Å². The number of halogens is 1. The molecule has 0 aliphatic rings. The lowest BCUT2D eigenvalue weighted by Gasteiger charge is -2.15. The van der Waals surface area contributed by atoms with E-state index in [0.717, 1.165) is 4.47 Å². The Morgan fingerprint density at radius 3 is 2.60 bits per heavy atom. The number of nitrogens with two attached hydrogens (primary N) is 1. The van der Waals surface area contributed by atoms with Crippen LogP contribution in [0.3, 0.4) is 0 Å². The van der Waals surface area contributed by atoms with E-state index in [1.54, 1.807) is 32.3 Å². The van der Waals surface area contributed by atoms with Gasteiger partial charge in [0.25, 0.3) is 5.91 Å².